The third-order valence-electron chi connectivity index (χ3n) is 2.67. The van der Waals surface area contributed by atoms with Gasteiger partial charge in [0.1, 0.15) is 0 Å². The summed E-state index contributed by atoms with van der Waals surface area (Å²) in [4.78, 5) is 11.3. The van der Waals surface area contributed by atoms with Gasteiger partial charge in [0.05, 0.1) is 6.61 Å². The standard InChI is InChI=1S/C17H30O2/c1-15(2)12-10-8-6-5-7-9-11-13-19-17(18)14-16(3)4/h15-16H,5-9,11,13-14H2,1-4H3. The Bertz CT molecular complexity index is 281. The van der Waals surface area contributed by atoms with Crippen molar-refractivity contribution >= 4 is 5.97 Å². The van der Waals surface area contributed by atoms with Gasteiger partial charge in [-0.2, -0.15) is 0 Å². The SMILES string of the molecule is CC(C)C#CCCCCCCCOC(=O)CC(C)C. The average Bonchev–Trinajstić information content (AvgIpc) is 2.30. The van der Waals surface area contributed by atoms with Crippen molar-refractivity contribution in [2.45, 2.75) is 72.6 Å². The molecule has 2 nitrogen and oxygen atoms in total. The number of hydrogen-bond donors (Lipinski definition) is 0. The molecule has 0 amide bonds. The van der Waals surface area contributed by atoms with E-state index >= 15 is 0 Å². The summed E-state index contributed by atoms with van der Waals surface area (Å²) in [6.07, 6.45) is 7.31. The summed E-state index contributed by atoms with van der Waals surface area (Å²) in [6.45, 7) is 8.88. The smallest absolute Gasteiger partial charge is 0.306 e. The molecule has 0 aliphatic carbocycles. The zero-order valence-electron chi connectivity index (χ0n) is 13.1. The molecule has 0 unspecified atom stereocenters. The van der Waals surface area contributed by atoms with Crippen molar-refractivity contribution in [2.75, 3.05) is 6.61 Å². The van der Waals surface area contributed by atoms with Gasteiger partial charge < -0.3 is 4.74 Å². The quantitative estimate of drug-likeness (QED) is 0.347. The van der Waals surface area contributed by atoms with Crippen LogP contribution >= 0.6 is 0 Å². The highest BCUT2D eigenvalue weighted by Crippen LogP contribution is 2.06. The molecule has 0 atom stereocenters. The van der Waals surface area contributed by atoms with Crippen LogP contribution in [0.1, 0.15) is 72.6 Å². The van der Waals surface area contributed by atoms with E-state index in [0.29, 0.717) is 24.9 Å². The van der Waals surface area contributed by atoms with E-state index in [-0.39, 0.29) is 5.97 Å². The molecule has 0 radical (unpaired) electrons. The van der Waals surface area contributed by atoms with Crippen molar-refractivity contribution < 1.29 is 9.53 Å². The molecule has 0 saturated heterocycles. The molecular formula is C17H30O2. The second-order valence-corrected chi connectivity index (χ2v) is 5.81. The van der Waals surface area contributed by atoms with Gasteiger partial charge in [-0.1, -0.05) is 47.0 Å². The number of rotatable bonds is 9. The highest BCUT2D eigenvalue weighted by atomic mass is 16.5. The van der Waals surface area contributed by atoms with Crippen LogP contribution in [-0.2, 0) is 9.53 Å². The van der Waals surface area contributed by atoms with Crippen LogP contribution in [0.25, 0.3) is 0 Å². The first-order chi connectivity index (χ1) is 9.02. The van der Waals surface area contributed by atoms with Crippen molar-refractivity contribution in [3.05, 3.63) is 0 Å². The number of hydrogen-bond acceptors (Lipinski definition) is 2. The van der Waals surface area contributed by atoms with Crippen LogP contribution in [0.5, 0.6) is 0 Å². The Balaban J connectivity index is 3.24. The molecule has 0 aromatic rings. The van der Waals surface area contributed by atoms with Gasteiger partial charge in [-0.3, -0.25) is 4.79 Å². The lowest BCUT2D eigenvalue weighted by Crippen LogP contribution is -2.08. The maximum atomic E-state index is 11.3. The topological polar surface area (TPSA) is 26.3 Å². The van der Waals surface area contributed by atoms with Crippen LogP contribution in [0.4, 0.5) is 0 Å². The van der Waals surface area contributed by atoms with Crippen LogP contribution in [0.2, 0.25) is 0 Å². The molecule has 0 aromatic heterocycles. The van der Waals surface area contributed by atoms with E-state index in [1.54, 1.807) is 0 Å². The van der Waals surface area contributed by atoms with Crippen LogP contribution in [-0.4, -0.2) is 12.6 Å². The van der Waals surface area contributed by atoms with Crippen LogP contribution < -0.4 is 0 Å². The highest BCUT2D eigenvalue weighted by Gasteiger charge is 2.04. The summed E-state index contributed by atoms with van der Waals surface area (Å²) in [5.41, 5.74) is 0. The van der Waals surface area contributed by atoms with Gasteiger partial charge in [0.15, 0.2) is 0 Å². The van der Waals surface area contributed by atoms with E-state index in [9.17, 15) is 4.79 Å². The summed E-state index contributed by atoms with van der Waals surface area (Å²) in [6, 6.07) is 0. The fraction of sp³-hybridized carbons (Fsp3) is 0.824. The summed E-state index contributed by atoms with van der Waals surface area (Å²) in [5.74, 6) is 7.20. The number of carbonyl (C=O) groups excluding carboxylic acids is 1. The number of ether oxygens (including phenoxy) is 1. The molecule has 2 heteroatoms. The highest BCUT2D eigenvalue weighted by molar-refractivity contribution is 5.69. The lowest BCUT2D eigenvalue weighted by atomic mass is 10.1. The summed E-state index contributed by atoms with van der Waals surface area (Å²) >= 11 is 0. The molecule has 0 aromatic carbocycles. The Morgan fingerprint density at radius 1 is 1.00 bits per heavy atom. The van der Waals surface area contributed by atoms with Gasteiger partial charge in [0, 0.05) is 18.8 Å². The van der Waals surface area contributed by atoms with E-state index < -0.39 is 0 Å². The molecule has 0 N–H and O–H groups in total. The molecule has 0 bridgehead atoms. The zero-order chi connectivity index (χ0) is 14.5. The molecule has 0 fully saturated rings. The van der Waals surface area contributed by atoms with Gasteiger partial charge in [-0.25, -0.2) is 0 Å². The van der Waals surface area contributed by atoms with Gasteiger partial charge in [-0.15, -0.1) is 11.8 Å². The molecular weight excluding hydrogens is 236 g/mol. The Morgan fingerprint density at radius 3 is 2.26 bits per heavy atom. The second kappa shape index (κ2) is 12.1. The summed E-state index contributed by atoms with van der Waals surface area (Å²) in [5, 5.41) is 0. The Labute approximate surface area is 119 Å². The van der Waals surface area contributed by atoms with Crippen molar-refractivity contribution in [3.8, 4) is 11.8 Å². The molecule has 0 rings (SSSR count). The molecule has 0 aliphatic heterocycles. The fourth-order valence-corrected chi connectivity index (χ4v) is 1.70. The summed E-state index contributed by atoms with van der Waals surface area (Å²) < 4.78 is 5.16. The first-order valence-electron chi connectivity index (χ1n) is 7.66. The van der Waals surface area contributed by atoms with Gasteiger partial charge in [-0.05, 0) is 18.8 Å². The minimum absolute atomic E-state index is 0.0565. The van der Waals surface area contributed by atoms with E-state index in [1.165, 1.54) is 19.3 Å². The maximum Gasteiger partial charge on any atom is 0.306 e. The summed E-state index contributed by atoms with van der Waals surface area (Å²) in [7, 11) is 0. The maximum absolute atomic E-state index is 11.3. The Morgan fingerprint density at radius 2 is 1.63 bits per heavy atom. The number of carbonyl (C=O) groups is 1. The minimum Gasteiger partial charge on any atom is -0.466 e. The molecule has 0 heterocycles. The number of esters is 1. The van der Waals surface area contributed by atoms with Gasteiger partial charge in [0.2, 0.25) is 0 Å². The number of unbranched alkanes of at least 4 members (excludes halogenated alkanes) is 5. The van der Waals surface area contributed by atoms with Crippen LogP contribution in [0, 0.1) is 23.7 Å². The van der Waals surface area contributed by atoms with Crippen molar-refractivity contribution in [2.24, 2.45) is 11.8 Å². The van der Waals surface area contributed by atoms with Gasteiger partial charge >= 0.3 is 5.97 Å². The zero-order valence-corrected chi connectivity index (χ0v) is 13.1. The Kier molecular flexibility index (Phi) is 11.5. The predicted octanol–water partition coefficient (Wildman–Crippen LogP) is 4.58. The van der Waals surface area contributed by atoms with Crippen molar-refractivity contribution in [1.82, 2.24) is 0 Å². The van der Waals surface area contributed by atoms with E-state index in [0.717, 1.165) is 19.3 Å². The van der Waals surface area contributed by atoms with E-state index in [1.807, 2.05) is 13.8 Å². The normalized spacial score (nSPS) is 10.4. The molecule has 19 heavy (non-hydrogen) atoms. The van der Waals surface area contributed by atoms with Crippen molar-refractivity contribution in [1.29, 1.82) is 0 Å². The average molecular weight is 266 g/mol. The molecule has 0 saturated carbocycles. The van der Waals surface area contributed by atoms with E-state index in [4.69, 9.17) is 4.74 Å². The largest absolute Gasteiger partial charge is 0.466 e. The fourth-order valence-electron chi connectivity index (χ4n) is 1.70. The lowest BCUT2D eigenvalue weighted by Gasteiger charge is -2.06. The molecule has 0 spiro atoms. The van der Waals surface area contributed by atoms with E-state index in [2.05, 4.69) is 25.7 Å². The third kappa shape index (κ3) is 15.0. The second-order valence-electron chi connectivity index (χ2n) is 5.81. The monoisotopic (exact) mass is 266 g/mol. The lowest BCUT2D eigenvalue weighted by molar-refractivity contribution is -0.144. The van der Waals surface area contributed by atoms with Gasteiger partial charge in [0.25, 0.3) is 0 Å². The predicted molar refractivity (Wildman–Crippen MR) is 80.7 cm³/mol. The van der Waals surface area contributed by atoms with Crippen LogP contribution in [0.3, 0.4) is 0 Å². The molecule has 0 aliphatic rings. The molecule has 110 valence electrons. The third-order valence-corrected chi connectivity index (χ3v) is 2.67. The first kappa shape index (κ1) is 18.0. The van der Waals surface area contributed by atoms with Crippen LogP contribution in [0.15, 0.2) is 0 Å². The first-order valence-corrected chi connectivity index (χ1v) is 7.66. The minimum atomic E-state index is -0.0565. The van der Waals surface area contributed by atoms with Crippen molar-refractivity contribution in [3.63, 3.8) is 0 Å². The Hall–Kier alpha value is -0.970.